The summed E-state index contributed by atoms with van der Waals surface area (Å²) in [5, 5.41) is 0. The Bertz CT molecular complexity index is 300. The van der Waals surface area contributed by atoms with Crippen LogP contribution in [0.25, 0.3) is 0 Å². The van der Waals surface area contributed by atoms with Gasteiger partial charge in [-0.05, 0) is 31.1 Å². The van der Waals surface area contributed by atoms with Gasteiger partial charge < -0.3 is 0 Å². The minimum Gasteiger partial charge on any atom is -0.299 e. The van der Waals surface area contributed by atoms with Crippen LogP contribution in [0.5, 0.6) is 0 Å². The maximum absolute atomic E-state index is 12.1. The fourth-order valence-corrected chi connectivity index (χ4v) is 2.39. The van der Waals surface area contributed by atoms with E-state index >= 15 is 0 Å². The van der Waals surface area contributed by atoms with Crippen molar-refractivity contribution in [1.82, 2.24) is 0 Å². The molecule has 15 heavy (non-hydrogen) atoms. The Balaban J connectivity index is 2.00. The van der Waals surface area contributed by atoms with Crippen LogP contribution in [0.3, 0.4) is 0 Å². The molecular weight excluding hydrogens is 188 g/mol. The van der Waals surface area contributed by atoms with E-state index in [1.807, 2.05) is 6.92 Å². The molecular formula is C13H20O2. The first-order valence-corrected chi connectivity index (χ1v) is 6.05. The van der Waals surface area contributed by atoms with Crippen molar-refractivity contribution in [3.63, 3.8) is 0 Å². The van der Waals surface area contributed by atoms with Crippen LogP contribution in [-0.4, -0.2) is 11.6 Å². The Kier molecular flexibility index (Phi) is 2.48. The molecule has 0 aromatic heterocycles. The van der Waals surface area contributed by atoms with E-state index < -0.39 is 0 Å². The second-order valence-electron chi connectivity index (χ2n) is 5.79. The lowest BCUT2D eigenvalue weighted by molar-refractivity contribution is -0.134. The van der Waals surface area contributed by atoms with E-state index in [4.69, 9.17) is 0 Å². The molecule has 0 spiro atoms. The molecule has 2 nitrogen and oxygen atoms in total. The average Bonchev–Trinajstić information content (AvgIpc) is 3.01. The molecule has 2 rings (SSSR count). The van der Waals surface area contributed by atoms with Gasteiger partial charge >= 0.3 is 0 Å². The van der Waals surface area contributed by atoms with Crippen molar-refractivity contribution in [2.75, 3.05) is 0 Å². The molecule has 84 valence electrons. The lowest BCUT2D eigenvalue weighted by Gasteiger charge is -2.13. The third kappa shape index (κ3) is 1.99. The second kappa shape index (κ2) is 3.43. The highest BCUT2D eigenvalue weighted by molar-refractivity contribution is 6.06. The number of carbonyl (C=O) groups is 2. The molecule has 0 N–H and O–H groups in total. The molecule has 0 aromatic rings. The summed E-state index contributed by atoms with van der Waals surface area (Å²) in [4.78, 5) is 24.0. The molecule has 0 amide bonds. The zero-order valence-electron chi connectivity index (χ0n) is 9.88. The van der Waals surface area contributed by atoms with Gasteiger partial charge in [-0.15, -0.1) is 0 Å². The van der Waals surface area contributed by atoms with E-state index in [9.17, 15) is 9.59 Å². The Labute approximate surface area is 91.4 Å². The normalized spacial score (nSPS) is 29.7. The molecule has 0 bridgehead atoms. The molecule has 0 radical (unpaired) electrons. The monoisotopic (exact) mass is 208 g/mol. The van der Waals surface area contributed by atoms with Gasteiger partial charge in [0.05, 0.1) is 5.92 Å². The van der Waals surface area contributed by atoms with Crippen LogP contribution in [0.15, 0.2) is 0 Å². The van der Waals surface area contributed by atoms with Gasteiger partial charge in [-0.25, -0.2) is 0 Å². The number of Topliss-reactive ketones (excluding diaryl/α,β-unsaturated/α-hetero) is 2. The molecule has 2 aliphatic rings. The molecule has 2 aliphatic carbocycles. The topological polar surface area (TPSA) is 34.1 Å². The molecule has 2 unspecified atom stereocenters. The first-order valence-electron chi connectivity index (χ1n) is 6.05. The number of hydrogen-bond acceptors (Lipinski definition) is 2. The maximum atomic E-state index is 12.1. The summed E-state index contributed by atoms with van der Waals surface area (Å²) in [7, 11) is 0. The SMILES string of the molecule is CCC(C(=O)C1CC1)C(=O)C1CC1(C)C. The van der Waals surface area contributed by atoms with E-state index in [2.05, 4.69) is 13.8 Å². The van der Waals surface area contributed by atoms with Crippen molar-refractivity contribution in [3.05, 3.63) is 0 Å². The van der Waals surface area contributed by atoms with E-state index in [-0.39, 0.29) is 34.7 Å². The lowest BCUT2D eigenvalue weighted by atomic mass is 9.88. The van der Waals surface area contributed by atoms with Gasteiger partial charge in [-0.2, -0.15) is 0 Å². The van der Waals surface area contributed by atoms with Crippen molar-refractivity contribution in [2.24, 2.45) is 23.2 Å². The Morgan fingerprint density at radius 2 is 1.80 bits per heavy atom. The van der Waals surface area contributed by atoms with Crippen molar-refractivity contribution in [1.29, 1.82) is 0 Å². The third-order valence-corrected chi connectivity index (χ3v) is 3.93. The van der Waals surface area contributed by atoms with Crippen molar-refractivity contribution < 1.29 is 9.59 Å². The third-order valence-electron chi connectivity index (χ3n) is 3.93. The quantitative estimate of drug-likeness (QED) is 0.651. The van der Waals surface area contributed by atoms with Crippen LogP contribution in [0.4, 0.5) is 0 Å². The van der Waals surface area contributed by atoms with E-state index in [1.165, 1.54) is 0 Å². The summed E-state index contributed by atoms with van der Waals surface area (Å²) in [5.74, 6) is 0.541. The minimum atomic E-state index is -0.288. The van der Waals surface area contributed by atoms with Crippen LogP contribution in [0, 0.1) is 23.2 Å². The summed E-state index contributed by atoms with van der Waals surface area (Å²) in [6.45, 7) is 6.19. The van der Waals surface area contributed by atoms with E-state index in [0.717, 1.165) is 19.3 Å². The zero-order valence-corrected chi connectivity index (χ0v) is 9.88. The highest BCUT2D eigenvalue weighted by Crippen LogP contribution is 2.53. The van der Waals surface area contributed by atoms with Gasteiger partial charge in [0.15, 0.2) is 0 Å². The van der Waals surface area contributed by atoms with Gasteiger partial charge in [0.1, 0.15) is 11.6 Å². The van der Waals surface area contributed by atoms with Gasteiger partial charge in [0.25, 0.3) is 0 Å². The zero-order chi connectivity index (χ0) is 11.2. The van der Waals surface area contributed by atoms with Crippen LogP contribution in [0.1, 0.15) is 46.5 Å². The van der Waals surface area contributed by atoms with Gasteiger partial charge in [0, 0.05) is 11.8 Å². The van der Waals surface area contributed by atoms with Crippen LogP contribution < -0.4 is 0 Å². The van der Waals surface area contributed by atoms with Crippen molar-refractivity contribution >= 4 is 11.6 Å². The standard InChI is InChI=1S/C13H20O2/c1-4-9(11(14)8-5-6-8)12(15)10-7-13(10,2)3/h8-10H,4-7H2,1-3H3. The Morgan fingerprint density at radius 3 is 2.13 bits per heavy atom. The van der Waals surface area contributed by atoms with E-state index in [1.54, 1.807) is 0 Å². The summed E-state index contributed by atoms with van der Waals surface area (Å²) in [5.41, 5.74) is 0.161. The lowest BCUT2D eigenvalue weighted by Crippen LogP contribution is -2.27. The second-order valence-corrected chi connectivity index (χ2v) is 5.79. The van der Waals surface area contributed by atoms with Crippen LogP contribution >= 0.6 is 0 Å². The summed E-state index contributed by atoms with van der Waals surface area (Å²) < 4.78 is 0. The maximum Gasteiger partial charge on any atom is 0.146 e. The largest absolute Gasteiger partial charge is 0.299 e. The number of ketones is 2. The first-order chi connectivity index (χ1) is 6.97. The smallest absolute Gasteiger partial charge is 0.146 e. The molecule has 0 heterocycles. The summed E-state index contributed by atoms with van der Waals surface area (Å²) in [6.07, 6.45) is 3.69. The summed E-state index contributed by atoms with van der Waals surface area (Å²) >= 11 is 0. The van der Waals surface area contributed by atoms with Gasteiger partial charge in [-0.1, -0.05) is 20.8 Å². The van der Waals surface area contributed by atoms with Gasteiger partial charge in [0.2, 0.25) is 0 Å². The van der Waals surface area contributed by atoms with Crippen LogP contribution in [0.2, 0.25) is 0 Å². The number of carbonyl (C=O) groups excluding carboxylic acids is 2. The highest BCUT2D eigenvalue weighted by Gasteiger charge is 2.53. The number of hydrogen-bond donors (Lipinski definition) is 0. The highest BCUT2D eigenvalue weighted by atomic mass is 16.2. The molecule has 2 fully saturated rings. The molecule has 0 aromatic carbocycles. The van der Waals surface area contributed by atoms with Crippen molar-refractivity contribution in [2.45, 2.75) is 46.5 Å². The van der Waals surface area contributed by atoms with Crippen molar-refractivity contribution in [3.8, 4) is 0 Å². The molecule has 0 aliphatic heterocycles. The summed E-state index contributed by atoms with van der Waals surface area (Å²) in [6, 6.07) is 0. The molecule has 2 atom stereocenters. The molecule has 2 heteroatoms. The Morgan fingerprint density at radius 1 is 1.27 bits per heavy atom. The number of rotatable bonds is 5. The predicted molar refractivity (Wildman–Crippen MR) is 58.4 cm³/mol. The first kappa shape index (κ1) is 10.8. The van der Waals surface area contributed by atoms with Crippen LogP contribution in [-0.2, 0) is 9.59 Å². The fraction of sp³-hybridized carbons (Fsp3) is 0.846. The Hall–Kier alpha value is -0.660. The predicted octanol–water partition coefficient (Wildman–Crippen LogP) is 2.61. The molecule has 0 saturated heterocycles. The average molecular weight is 208 g/mol. The van der Waals surface area contributed by atoms with Gasteiger partial charge in [-0.3, -0.25) is 9.59 Å². The minimum absolute atomic E-state index is 0.158. The fourth-order valence-electron chi connectivity index (χ4n) is 2.39. The molecule has 2 saturated carbocycles. The van der Waals surface area contributed by atoms with E-state index in [0.29, 0.717) is 6.42 Å².